The first-order valence-electron chi connectivity index (χ1n) is 6.46. The number of nitrogens with zero attached hydrogens (tertiary/aromatic N) is 1. The van der Waals surface area contributed by atoms with Gasteiger partial charge in [0.1, 0.15) is 0 Å². The lowest BCUT2D eigenvalue weighted by molar-refractivity contribution is -0.116. The van der Waals surface area contributed by atoms with E-state index in [-0.39, 0.29) is 17.3 Å². The van der Waals surface area contributed by atoms with Gasteiger partial charge in [0.25, 0.3) is 0 Å². The molecular weight excluding hydrogens is 415 g/mol. The number of nitrogens with one attached hydrogen (secondary N) is 1. The summed E-state index contributed by atoms with van der Waals surface area (Å²) in [6.07, 6.45) is 0. The Morgan fingerprint density at radius 1 is 1.14 bits per heavy atom. The van der Waals surface area contributed by atoms with Crippen molar-refractivity contribution >= 4 is 44.2 Å². The van der Waals surface area contributed by atoms with Gasteiger partial charge in [0.2, 0.25) is 15.9 Å². The Balaban J connectivity index is 2.05. The molecule has 0 saturated heterocycles. The molecule has 0 aliphatic carbocycles. The van der Waals surface area contributed by atoms with Crippen LogP contribution in [0, 0.1) is 3.57 Å². The first-order valence-corrected chi connectivity index (χ1v) is 8.98. The monoisotopic (exact) mass is 430 g/mol. The molecule has 22 heavy (non-hydrogen) atoms. The van der Waals surface area contributed by atoms with Crippen molar-refractivity contribution in [3.05, 3.63) is 58.2 Å². The van der Waals surface area contributed by atoms with Crippen LogP contribution in [0.2, 0.25) is 0 Å². The molecule has 2 aromatic carbocycles. The molecule has 1 N–H and O–H groups in total. The zero-order valence-corrected chi connectivity index (χ0v) is 14.8. The van der Waals surface area contributed by atoms with Crippen LogP contribution in [-0.2, 0) is 14.8 Å². The number of anilines is 1. The lowest BCUT2D eigenvalue weighted by atomic mass is 10.3. The van der Waals surface area contributed by atoms with Gasteiger partial charge in [0, 0.05) is 16.3 Å². The highest BCUT2D eigenvalue weighted by Crippen LogP contribution is 2.15. The third-order valence-electron chi connectivity index (χ3n) is 2.93. The van der Waals surface area contributed by atoms with Crippen LogP contribution >= 0.6 is 22.6 Å². The first-order chi connectivity index (χ1) is 10.4. The first kappa shape index (κ1) is 16.9. The van der Waals surface area contributed by atoms with E-state index in [0.29, 0.717) is 5.69 Å². The fraction of sp³-hybridized carbons (Fsp3) is 0.133. The topological polar surface area (TPSA) is 66.5 Å². The number of rotatable bonds is 5. The van der Waals surface area contributed by atoms with Crippen LogP contribution in [0.3, 0.4) is 0 Å². The minimum absolute atomic E-state index is 0.166. The van der Waals surface area contributed by atoms with Crippen molar-refractivity contribution < 1.29 is 13.2 Å². The van der Waals surface area contributed by atoms with Gasteiger partial charge in [-0.3, -0.25) is 4.79 Å². The predicted molar refractivity (Wildman–Crippen MR) is 94.0 cm³/mol. The molecule has 0 fully saturated rings. The zero-order valence-electron chi connectivity index (χ0n) is 11.9. The van der Waals surface area contributed by atoms with E-state index >= 15 is 0 Å². The number of halogens is 1. The van der Waals surface area contributed by atoms with Crippen LogP contribution in [0.15, 0.2) is 59.5 Å². The smallest absolute Gasteiger partial charge is 0.243 e. The number of benzene rings is 2. The summed E-state index contributed by atoms with van der Waals surface area (Å²) < 4.78 is 26.7. The highest BCUT2D eigenvalue weighted by Gasteiger charge is 2.22. The van der Waals surface area contributed by atoms with Crippen molar-refractivity contribution in [2.24, 2.45) is 0 Å². The molecule has 0 radical (unpaired) electrons. The second-order valence-corrected chi connectivity index (χ2v) is 7.92. The number of carbonyl (C=O) groups excluding carboxylic acids is 1. The van der Waals surface area contributed by atoms with E-state index in [0.717, 1.165) is 7.88 Å². The molecule has 1 amide bonds. The van der Waals surface area contributed by atoms with Crippen molar-refractivity contribution in [2.45, 2.75) is 4.90 Å². The quantitative estimate of drug-likeness (QED) is 0.742. The van der Waals surface area contributed by atoms with E-state index in [9.17, 15) is 13.2 Å². The molecule has 0 atom stereocenters. The summed E-state index contributed by atoms with van der Waals surface area (Å²) in [6, 6.07) is 15.3. The molecule has 0 heterocycles. The van der Waals surface area contributed by atoms with E-state index in [1.54, 1.807) is 24.3 Å². The Morgan fingerprint density at radius 3 is 2.45 bits per heavy atom. The molecule has 0 spiro atoms. The van der Waals surface area contributed by atoms with Gasteiger partial charge in [-0.25, -0.2) is 8.42 Å². The summed E-state index contributed by atoms with van der Waals surface area (Å²) in [7, 11) is -2.28. The fourth-order valence-corrected chi connectivity index (χ4v) is 3.52. The summed E-state index contributed by atoms with van der Waals surface area (Å²) in [5.74, 6) is -0.385. The van der Waals surface area contributed by atoms with E-state index in [1.807, 2.05) is 18.2 Å². The molecule has 0 aliphatic rings. The maximum Gasteiger partial charge on any atom is 0.243 e. The molecule has 2 aromatic rings. The normalized spacial score (nSPS) is 11.4. The average molecular weight is 430 g/mol. The van der Waals surface area contributed by atoms with E-state index in [2.05, 4.69) is 27.9 Å². The lowest BCUT2D eigenvalue weighted by Crippen LogP contribution is -2.34. The fourth-order valence-electron chi connectivity index (χ4n) is 1.83. The van der Waals surface area contributed by atoms with Crippen LogP contribution in [0.1, 0.15) is 0 Å². The molecule has 0 unspecified atom stereocenters. The van der Waals surface area contributed by atoms with Gasteiger partial charge < -0.3 is 5.32 Å². The zero-order chi connectivity index (χ0) is 16.2. The molecule has 5 nitrogen and oxygen atoms in total. The molecule has 116 valence electrons. The minimum atomic E-state index is -3.66. The molecule has 0 aromatic heterocycles. The van der Waals surface area contributed by atoms with Crippen molar-refractivity contribution in [3.8, 4) is 0 Å². The second kappa shape index (κ2) is 7.21. The van der Waals surface area contributed by atoms with Crippen LogP contribution in [0.25, 0.3) is 0 Å². The standard InChI is InChI=1S/C15H15IN2O3S/c1-18(22(20,21)14-8-3-2-4-9-14)11-15(19)17-13-7-5-6-12(16)10-13/h2-10H,11H2,1H3,(H,17,19). The summed E-state index contributed by atoms with van der Waals surface area (Å²) >= 11 is 2.14. The Kier molecular flexibility index (Phi) is 5.54. The number of amides is 1. The Morgan fingerprint density at radius 2 is 1.82 bits per heavy atom. The van der Waals surface area contributed by atoms with Crippen LogP contribution in [0.4, 0.5) is 5.69 Å². The van der Waals surface area contributed by atoms with E-state index in [4.69, 9.17) is 0 Å². The van der Waals surface area contributed by atoms with Crippen LogP contribution < -0.4 is 5.32 Å². The third-order valence-corrected chi connectivity index (χ3v) is 5.41. The molecule has 0 saturated carbocycles. The predicted octanol–water partition coefficient (Wildman–Crippen LogP) is 2.55. The maximum absolute atomic E-state index is 12.3. The van der Waals surface area contributed by atoms with Gasteiger partial charge in [-0.05, 0) is 52.9 Å². The van der Waals surface area contributed by atoms with Crippen LogP contribution in [-0.4, -0.2) is 32.2 Å². The van der Waals surface area contributed by atoms with Crippen molar-refractivity contribution in [1.82, 2.24) is 4.31 Å². The molecule has 7 heteroatoms. The Labute approximate surface area is 143 Å². The molecule has 2 rings (SSSR count). The number of hydrogen-bond acceptors (Lipinski definition) is 3. The van der Waals surface area contributed by atoms with Gasteiger partial charge >= 0.3 is 0 Å². The second-order valence-electron chi connectivity index (χ2n) is 4.63. The number of sulfonamides is 1. The summed E-state index contributed by atoms with van der Waals surface area (Å²) in [6.45, 7) is -0.247. The largest absolute Gasteiger partial charge is 0.325 e. The summed E-state index contributed by atoms with van der Waals surface area (Å²) in [5.41, 5.74) is 0.641. The van der Waals surface area contributed by atoms with Gasteiger partial charge in [-0.1, -0.05) is 24.3 Å². The van der Waals surface area contributed by atoms with Crippen molar-refractivity contribution in [3.63, 3.8) is 0 Å². The highest BCUT2D eigenvalue weighted by molar-refractivity contribution is 14.1. The highest BCUT2D eigenvalue weighted by atomic mass is 127. The number of carbonyl (C=O) groups is 1. The number of likely N-dealkylation sites (N-methyl/N-ethyl adjacent to an activating group) is 1. The lowest BCUT2D eigenvalue weighted by Gasteiger charge is -2.16. The molecule has 0 bridgehead atoms. The van der Waals surface area contributed by atoms with E-state index in [1.165, 1.54) is 19.2 Å². The average Bonchev–Trinajstić information content (AvgIpc) is 2.48. The van der Waals surface area contributed by atoms with Gasteiger partial charge in [0.05, 0.1) is 11.4 Å². The summed E-state index contributed by atoms with van der Waals surface area (Å²) in [4.78, 5) is 12.2. The maximum atomic E-state index is 12.3. The van der Waals surface area contributed by atoms with Crippen molar-refractivity contribution in [1.29, 1.82) is 0 Å². The van der Waals surface area contributed by atoms with Gasteiger partial charge in [-0.15, -0.1) is 0 Å². The Bertz CT molecular complexity index is 763. The van der Waals surface area contributed by atoms with Crippen molar-refractivity contribution in [2.75, 3.05) is 18.9 Å². The molecular formula is C15H15IN2O3S. The third kappa shape index (κ3) is 4.28. The van der Waals surface area contributed by atoms with Gasteiger partial charge in [-0.2, -0.15) is 4.31 Å². The van der Waals surface area contributed by atoms with Crippen LogP contribution in [0.5, 0.6) is 0 Å². The van der Waals surface area contributed by atoms with E-state index < -0.39 is 10.0 Å². The van der Waals surface area contributed by atoms with Gasteiger partial charge in [0.15, 0.2) is 0 Å². The number of hydrogen-bond donors (Lipinski definition) is 1. The molecule has 0 aliphatic heterocycles. The SMILES string of the molecule is CN(CC(=O)Nc1cccc(I)c1)S(=O)(=O)c1ccccc1. The minimum Gasteiger partial charge on any atom is -0.325 e. The Hall–Kier alpha value is -1.45. The summed E-state index contributed by atoms with van der Waals surface area (Å²) in [5, 5.41) is 2.69.